The third-order valence-corrected chi connectivity index (χ3v) is 5.18. The fourth-order valence-electron chi connectivity index (χ4n) is 0.302. The predicted molar refractivity (Wildman–Crippen MR) is 37.3 cm³/mol. The summed E-state index contributed by atoms with van der Waals surface area (Å²) in [4.78, 5) is 0. The highest BCUT2D eigenvalue weighted by atomic mass is 32.3. The Morgan fingerprint density at radius 1 is 1.00 bits per heavy atom. The average Bonchev–Trinajstić information content (AvgIpc) is 1.54. The Bertz CT molecular complexity index is 333. The van der Waals surface area contributed by atoms with Crippen molar-refractivity contribution in [2.75, 3.05) is 6.26 Å². The second-order valence-corrected chi connectivity index (χ2v) is 5.90. The van der Waals surface area contributed by atoms with Gasteiger partial charge in [-0.2, -0.15) is 0 Å². The zero-order chi connectivity index (χ0) is 9.23. The van der Waals surface area contributed by atoms with Crippen LogP contribution in [0.3, 0.4) is 0 Å². The monoisotopic (exact) mass is 223 g/mol. The molecule has 10 heteroatoms. The smallest absolute Gasteiger partial charge is 0.213 e. The highest BCUT2D eigenvalue weighted by molar-refractivity contribution is 8.07. The minimum atomic E-state index is -4.22. The summed E-state index contributed by atoms with van der Waals surface area (Å²) in [5.74, 6) is 0. The lowest BCUT2D eigenvalue weighted by Gasteiger charge is -2.01. The molecular formula is CH5NO6S3. The summed E-state index contributed by atoms with van der Waals surface area (Å²) in [6.45, 7) is 0. The Morgan fingerprint density at radius 2 is 1.27 bits per heavy atom. The van der Waals surface area contributed by atoms with E-state index in [9.17, 15) is 25.3 Å². The van der Waals surface area contributed by atoms with E-state index in [1.165, 1.54) is 0 Å². The van der Waals surface area contributed by atoms with Crippen molar-refractivity contribution < 1.29 is 25.3 Å². The summed E-state index contributed by atoms with van der Waals surface area (Å²) in [5, 5.41) is 0. The molecule has 0 N–H and O–H groups in total. The second kappa shape index (κ2) is 3.47. The van der Waals surface area contributed by atoms with E-state index in [4.69, 9.17) is 0 Å². The van der Waals surface area contributed by atoms with E-state index < -0.39 is 34.9 Å². The van der Waals surface area contributed by atoms with E-state index in [0.29, 0.717) is 6.26 Å². The number of sulfonamides is 1. The van der Waals surface area contributed by atoms with Gasteiger partial charge in [0.1, 0.15) is 0 Å². The number of rotatable bonds is 3. The molecule has 7 nitrogen and oxygen atoms in total. The molecule has 0 bridgehead atoms. The zero-order valence-corrected chi connectivity index (χ0v) is 7.80. The van der Waals surface area contributed by atoms with Crippen LogP contribution in [0.25, 0.3) is 0 Å². The lowest BCUT2D eigenvalue weighted by atomic mass is 12.0. The Balaban J connectivity index is 5.29. The molecule has 0 amide bonds. The van der Waals surface area contributed by atoms with Crippen LogP contribution in [0.5, 0.6) is 0 Å². The van der Waals surface area contributed by atoms with Crippen LogP contribution < -0.4 is 0 Å². The summed E-state index contributed by atoms with van der Waals surface area (Å²) in [5.41, 5.74) is 0. The molecule has 0 aromatic rings. The van der Waals surface area contributed by atoms with Crippen molar-refractivity contribution in [3.8, 4) is 0 Å². The van der Waals surface area contributed by atoms with Crippen LogP contribution in [0.2, 0.25) is 0 Å². The molecule has 0 spiro atoms. The molecule has 0 heterocycles. The molecule has 68 valence electrons. The van der Waals surface area contributed by atoms with Gasteiger partial charge in [-0.1, -0.05) is 0 Å². The molecule has 0 radical (unpaired) electrons. The summed E-state index contributed by atoms with van der Waals surface area (Å²) in [6, 6.07) is 0. The third-order valence-electron chi connectivity index (χ3n) is 0.576. The Hall–Kier alpha value is -0.190. The van der Waals surface area contributed by atoms with Gasteiger partial charge in [0, 0.05) is 3.12 Å². The predicted octanol–water partition coefficient (Wildman–Crippen LogP) is -2.70. The van der Waals surface area contributed by atoms with Crippen LogP contribution in [-0.2, 0) is 31.8 Å². The van der Waals surface area contributed by atoms with Crippen molar-refractivity contribution in [1.29, 1.82) is 0 Å². The van der Waals surface area contributed by atoms with Gasteiger partial charge in [-0.3, -0.25) is 0 Å². The first kappa shape index (κ1) is 10.8. The first-order chi connectivity index (χ1) is 4.76. The third kappa shape index (κ3) is 3.14. The maximum absolute atomic E-state index is 10.4. The standard InChI is InChI=1S/CH5NO6S3/c1-11(7,8)2(9(3)4)10(5)6/h9-10H,1H3. The van der Waals surface area contributed by atoms with Gasteiger partial charge in [0.15, 0.2) is 0 Å². The fourth-order valence-corrected chi connectivity index (χ4v) is 2.72. The normalized spacial score (nSPS) is 13.1. The minimum absolute atomic E-state index is 0.475. The molecule has 0 aliphatic heterocycles. The first-order valence-corrected chi connectivity index (χ1v) is 6.16. The zero-order valence-electron chi connectivity index (χ0n) is 5.20. The number of thiol groups is 2. The van der Waals surface area contributed by atoms with E-state index >= 15 is 0 Å². The van der Waals surface area contributed by atoms with Crippen LogP contribution in [0, 0.1) is 0 Å². The van der Waals surface area contributed by atoms with Crippen molar-refractivity contribution in [3.63, 3.8) is 0 Å². The van der Waals surface area contributed by atoms with Gasteiger partial charge in [-0.15, -0.1) is 0 Å². The maximum atomic E-state index is 10.4. The Labute approximate surface area is 66.8 Å². The van der Waals surface area contributed by atoms with Gasteiger partial charge in [-0.25, -0.2) is 25.3 Å². The van der Waals surface area contributed by atoms with Gasteiger partial charge in [0.25, 0.3) is 0 Å². The molecule has 0 aliphatic rings. The van der Waals surface area contributed by atoms with E-state index in [1.54, 1.807) is 0 Å². The van der Waals surface area contributed by atoms with E-state index in [1.807, 2.05) is 0 Å². The summed E-state index contributed by atoms with van der Waals surface area (Å²) in [7, 11) is -11.5. The van der Waals surface area contributed by atoms with E-state index in [0.717, 1.165) is 0 Å². The van der Waals surface area contributed by atoms with Crippen LogP contribution >= 0.6 is 0 Å². The van der Waals surface area contributed by atoms with Crippen molar-refractivity contribution in [2.24, 2.45) is 0 Å². The highest BCUT2D eigenvalue weighted by Crippen LogP contribution is 1.96. The summed E-state index contributed by atoms with van der Waals surface area (Å²) >= 11 is 0. The van der Waals surface area contributed by atoms with Gasteiger partial charge in [0.2, 0.25) is 31.8 Å². The minimum Gasteiger partial charge on any atom is -0.213 e. The van der Waals surface area contributed by atoms with Gasteiger partial charge in [0.05, 0.1) is 6.26 Å². The average molecular weight is 223 g/mol. The molecule has 0 aromatic carbocycles. The van der Waals surface area contributed by atoms with E-state index in [-0.39, 0.29) is 0 Å². The summed E-state index contributed by atoms with van der Waals surface area (Å²) < 4.78 is 60.1. The first-order valence-electron chi connectivity index (χ1n) is 2.05. The largest absolute Gasteiger partial charge is 0.237 e. The number of hydrogen-bond acceptors (Lipinski definition) is 6. The van der Waals surface area contributed by atoms with Crippen molar-refractivity contribution >= 4 is 31.8 Å². The number of hydrogen-bond donors (Lipinski definition) is 2. The Kier molecular flexibility index (Phi) is 3.41. The van der Waals surface area contributed by atoms with E-state index in [2.05, 4.69) is 0 Å². The molecule has 0 saturated heterocycles. The maximum Gasteiger partial charge on any atom is 0.237 e. The molecule has 0 saturated carbocycles. The highest BCUT2D eigenvalue weighted by Gasteiger charge is 2.21. The van der Waals surface area contributed by atoms with Crippen molar-refractivity contribution in [3.05, 3.63) is 0 Å². The molecule has 0 atom stereocenters. The fraction of sp³-hybridized carbons (Fsp3) is 1.00. The van der Waals surface area contributed by atoms with Gasteiger partial charge < -0.3 is 0 Å². The molecular weight excluding hydrogens is 218 g/mol. The van der Waals surface area contributed by atoms with Gasteiger partial charge in [-0.05, 0) is 0 Å². The topological polar surface area (TPSA) is 106 Å². The van der Waals surface area contributed by atoms with Crippen LogP contribution in [0.15, 0.2) is 0 Å². The number of nitrogens with zero attached hydrogens (tertiary/aromatic N) is 1. The lowest BCUT2D eigenvalue weighted by molar-refractivity contribution is 0.551. The van der Waals surface area contributed by atoms with Crippen molar-refractivity contribution in [1.82, 2.24) is 3.12 Å². The van der Waals surface area contributed by atoms with Crippen LogP contribution in [0.1, 0.15) is 0 Å². The van der Waals surface area contributed by atoms with Crippen LogP contribution in [0.4, 0.5) is 0 Å². The molecule has 0 aromatic heterocycles. The molecule has 0 aliphatic carbocycles. The molecule has 0 fully saturated rings. The molecule has 0 rings (SSSR count). The second-order valence-electron chi connectivity index (χ2n) is 1.46. The summed E-state index contributed by atoms with van der Waals surface area (Å²) in [6.07, 6.45) is 0.475. The van der Waals surface area contributed by atoms with Crippen molar-refractivity contribution in [2.45, 2.75) is 0 Å². The lowest BCUT2D eigenvalue weighted by Crippen LogP contribution is -2.26. The van der Waals surface area contributed by atoms with Gasteiger partial charge >= 0.3 is 0 Å². The molecule has 0 unspecified atom stereocenters. The quantitative estimate of drug-likeness (QED) is 0.504. The van der Waals surface area contributed by atoms with Crippen LogP contribution in [-0.4, -0.2) is 34.6 Å². The Morgan fingerprint density at radius 3 is 1.27 bits per heavy atom. The SMILES string of the molecule is CS(=O)(=O)N([SH](=O)=O)[SH](=O)=O. The molecule has 11 heavy (non-hydrogen) atoms.